The average Bonchev–Trinajstić information content (AvgIpc) is 2.87. The molecule has 30 heavy (non-hydrogen) atoms. The van der Waals surface area contributed by atoms with Gasteiger partial charge in [-0.15, -0.1) is 0 Å². The lowest BCUT2D eigenvalue weighted by Crippen LogP contribution is -2.28. The molecular formula is C24H27N5O. The summed E-state index contributed by atoms with van der Waals surface area (Å²) < 4.78 is 1.89. The Bertz CT molecular complexity index is 1150. The van der Waals surface area contributed by atoms with Gasteiger partial charge in [0, 0.05) is 61.5 Å². The van der Waals surface area contributed by atoms with E-state index in [4.69, 9.17) is 0 Å². The molecule has 3 heterocycles. The number of allylic oxidation sites excluding steroid dienone is 1. The Morgan fingerprint density at radius 2 is 1.93 bits per heavy atom. The molecule has 1 aliphatic heterocycles. The van der Waals surface area contributed by atoms with E-state index in [1.165, 1.54) is 17.7 Å². The zero-order chi connectivity index (χ0) is 20.7. The van der Waals surface area contributed by atoms with Crippen LogP contribution in [-0.4, -0.2) is 58.3 Å². The number of aromatic nitrogens is 3. The molecule has 3 aromatic rings. The first-order valence-electron chi connectivity index (χ1n) is 10.7. The molecule has 0 bridgehead atoms. The van der Waals surface area contributed by atoms with Gasteiger partial charge in [-0.25, -0.2) is 9.97 Å². The van der Waals surface area contributed by atoms with Gasteiger partial charge in [-0.1, -0.05) is 6.07 Å². The average molecular weight is 402 g/mol. The van der Waals surface area contributed by atoms with E-state index in [1.54, 1.807) is 6.20 Å². The quantitative estimate of drug-likeness (QED) is 0.660. The highest BCUT2D eigenvalue weighted by Crippen LogP contribution is 2.30. The fourth-order valence-corrected chi connectivity index (χ4v) is 4.46. The van der Waals surface area contributed by atoms with Gasteiger partial charge in [0.15, 0.2) is 5.78 Å². The van der Waals surface area contributed by atoms with Crippen molar-refractivity contribution in [2.24, 2.45) is 0 Å². The summed E-state index contributed by atoms with van der Waals surface area (Å²) in [4.78, 5) is 26.6. The Morgan fingerprint density at radius 3 is 2.83 bits per heavy atom. The maximum atomic E-state index is 13.0. The van der Waals surface area contributed by atoms with Crippen molar-refractivity contribution in [1.29, 1.82) is 0 Å². The smallest absolute Gasteiger partial charge is 0.233 e. The molecule has 6 heteroatoms. The number of nitrogens with zero attached hydrogens (tertiary/aromatic N) is 5. The molecule has 0 atom stereocenters. The number of rotatable bonds is 2. The molecule has 0 amide bonds. The third-order valence-electron chi connectivity index (χ3n) is 6.17. The van der Waals surface area contributed by atoms with E-state index in [0.717, 1.165) is 55.0 Å². The van der Waals surface area contributed by atoms with Crippen molar-refractivity contribution in [3.05, 3.63) is 59.2 Å². The second-order valence-electron chi connectivity index (χ2n) is 8.44. The van der Waals surface area contributed by atoms with Crippen molar-refractivity contribution >= 4 is 28.9 Å². The SMILES string of the molecule is Cc1cn2cc(C3=Cc4ccc(N5CCCN(C)CC5)cc4CCC3=O)cnc2n1. The highest BCUT2D eigenvalue weighted by atomic mass is 16.1. The van der Waals surface area contributed by atoms with Crippen LogP contribution in [0.25, 0.3) is 17.4 Å². The van der Waals surface area contributed by atoms with Crippen LogP contribution in [0, 0.1) is 6.92 Å². The van der Waals surface area contributed by atoms with E-state index < -0.39 is 0 Å². The monoisotopic (exact) mass is 401 g/mol. The predicted octanol–water partition coefficient (Wildman–Crippen LogP) is 3.24. The van der Waals surface area contributed by atoms with Crippen LogP contribution < -0.4 is 4.90 Å². The summed E-state index contributed by atoms with van der Waals surface area (Å²) in [6.07, 6.45) is 10.2. The van der Waals surface area contributed by atoms with Crippen LogP contribution in [0.2, 0.25) is 0 Å². The summed E-state index contributed by atoms with van der Waals surface area (Å²) in [6, 6.07) is 6.66. The third-order valence-corrected chi connectivity index (χ3v) is 6.17. The number of carbonyl (C=O) groups is 1. The molecule has 1 fully saturated rings. The van der Waals surface area contributed by atoms with Crippen molar-refractivity contribution in [2.75, 3.05) is 38.1 Å². The van der Waals surface area contributed by atoms with Gasteiger partial charge >= 0.3 is 0 Å². The molecular weight excluding hydrogens is 374 g/mol. The minimum Gasteiger partial charge on any atom is -0.370 e. The number of hydrogen-bond donors (Lipinski definition) is 0. The highest BCUT2D eigenvalue weighted by Gasteiger charge is 2.20. The van der Waals surface area contributed by atoms with Crippen LogP contribution in [0.3, 0.4) is 0 Å². The van der Waals surface area contributed by atoms with Crippen molar-refractivity contribution < 1.29 is 4.79 Å². The van der Waals surface area contributed by atoms with Gasteiger partial charge in [0.25, 0.3) is 0 Å². The number of likely N-dealkylation sites (N-methyl/N-ethyl adjacent to an activating group) is 1. The molecule has 1 aromatic carbocycles. The maximum absolute atomic E-state index is 13.0. The second-order valence-corrected chi connectivity index (χ2v) is 8.44. The Balaban J connectivity index is 1.49. The van der Waals surface area contributed by atoms with Gasteiger partial charge in [-0.05, 0) is 62.7 Å². The fraction of sp³-hybridized carbons (Fsp3) is 0.375. The second kappa shape index (κ2) is 7.69. The predicted molar refractivity (Wildman–Crippen MR) is 120 cm³/mol. The summed E-state index contributed by atoms with van der Waals surface area (Å²) in [7, 11) is 2.19. The summed E-state index contributed by atoms with van der Waals surface area (Å²) in [5.41, 5.74) is 6.15. The first kappa shape index (κ1) is 19.0. The van der Waals surface area contributed by atoms with Crippen LogP contribution in [-0.2, 0) is 11.2 Å². The molecule has 2 aliphatic rings. The van der Waals surface area contributed by atoms with Crippen molar-refractivity contribution in [2.45, 2.75) is 26.2 Å². The van der Waals surface area contributed by atoms with E-state index in [2.05, 4.69) is 45.0 Å². The molecule has 0 spiro atoms. The standard InChI is InChI=1S/C24H27N5O/c1-17-15-29-16-20(14-25-24(29)26-17)22-13-19-4-6-21(12-18(19)5-7-23(22)30)28-9-3-8-27(2)10-11-28/h4,6,12-16H,3,5,7-11H2,1-2H3. The first-order chi connectivity index (χ1) is 14.6. The molecule has 0 saturated carbocycles. The van der Waals surface area contributed by atoms with E-state index in [9.17, 15) is 4.79 Å². The van der Waals surface area contributed by atoms with E-state index in [-0.39, 0.29) is 5.78 Å². The lowest BCUT2D eigenvalue weighted by molar-refractivity contribution is -0.113. The largest absolute Gasteiger partial charge is 0.370 e. The molecule has 154 valence electrons. The van der Waals surface area contributed by atoms with Crippen molar-refractivity contribution in [1.82, 2.24) is 19.3 Å². The van der Waals surface area contributed by atoms with Crippen LogP contribution >= 0.6 is 0 Å². The first-order valence-corrected chi connectivity index (χ1v) is 10.7. The van der Waals surface area contributed by atoms with Crippen molar-refractivity contribution in [3.63, 3.8) is 0 Å². The lowest BCUT2D eigenvalue weighted by atomic mass is 10.0. The number of hydrogen-bond acceptors (Lipinski definition) is 5. The van der Waals surface area contributed by atoms with Gasteiger partial charge < -0.3 is 9.80 Å². The summed E-state index contributed by atoms with van der Waals surface area (Å²) >= 11 is 0. The van der Waals surface area contributed by atoms with Gasteiger partial charge in [-0.2, -0.15) is 0 Å². The number of carbonyl (C=O) groups excluding carboxylic acids is 1. The summed E-state index contributed by atoms with van der Waals surface area (Å²) in [6.45, 7) is 6.31. The fourth-order valence-electron chi connectivity index (χ4n) is 4.46. The summed E-state index contributed by atoms with van der Waals surface area (Å²) in [5.74, 6) is 0.827. The molecule has 1 saturated heterocycles. The molecule has 0 radical (unpaired) electrons. The van der Waals surface area contributed by atoms with Gasteiger partial charge in [0.1, 0.15) is 0 Å². The molecule has 6 nitrogen and oxygen atoms in total. The topological polar surface area (TPSA) is 53.7 Å². The highest BCUT2D eigenvalue weighted by molar-refractivity contribution is 6.25. The Kier molecular flexibility index (Phi) is 4.87. The number of anilines is 1. The zero-order valence-electron chi connectivity index (χ0n) is 17.6. The van der Waals surface area contributed by atoms with Crippen LogP contribution in [0.1, 0.15) is 35.2 Å². The molecule has 1 aliphatic carbocycles. The van der Waals surface area contributed by atoms with E-state index in [1.807, 2.05) is 29.8 Å². The number of aryl methyl sites for hydroxylation is 2. The zero-order valence-corrected chi connectivity index (χ0v) is 17.6. The number of ketones is 1. The van der Waals surface area contributed by atoms with Crippen LogP contribution in [0.4, 0.5) is 5.69 Å². The van der Waals surface area contributed by atoms with Crippen LogP contribution in [0.5, 0.6) is 0 Å². The van der Waals surface area contributed by atoms with E-state index in [0.29, 0.717) is 12.2 Å². The van der Waals surface area contributed by atoms with E-state index >= 15 is 0 Å². The van der Waals surface area contributed by atoms with Gasteiger partial charge in [-0.3, -0.25) is 9.20 Å². The minimum atomic E-state index is 0.169. The van der Waals surface area contributed by atoms with Gasteiger partial charge in [0.05, 0.1) is 5.69 Å². The molecule has 0 unspecified atom stereocenters. The van der Waals surface area contributed by atoms with Crippen molar-refractivity contribution in [3.8, 4) is 0 Å². The minimum absolute atomic E-state index is 0.169. The number of imidazole rings is 1. The Morgan fingerprint density at radius 1 is 1.03 bits per heavy atom. The maximum Gasteiger partial charge on any atom is 0.233 e. The normalized spacial score (nSPS) is 18.1. The number of Topliss-reactive ketones (excluding diaryl/α,β-unsaturated/α-hetero) is 1. The Hall–Kier alpha value is -2.99. The number of fused-ring (bicyclic) bond motifs is 2. The molecule has 0 N–H and O–H groups in total. The van der Waals surface area contributed by atoms with Crippen LogP contribution in [0.15, 0.2) is 36.8 Å². The molecule has 5 rings (SSSR count). The number of benzene rings is 1. The molecule has 2 aromatic heterocycles. The lowest BCUT2D eigenvalue weighted by Gasteiger charge is -2.24. The Labute approximate surface area is 176 Å². The third kappa shape index (κ3) is 3.63. The van der Waals surface area contributed by atoms with Gasteiger partial charge in [0.2, 0.25) is 5.78 Å². The summed E-state index contributed by atoms with van der Waals surface area (Å²) in [5, 5.41) is 0.